The van der Waals surface area contributed by atoms with Crippen molar-refractivity contribution in [3.05, 3.63) is 65.5 Å². The molecule has 1 aromatic heterocycles. The van der Waals surface area contributed by atoms with Crippen LogP contribution in [0.2, 0.25) is 0 Å². The molecule has 0 bridgehead atoms. The van der Waals surface area contributed by atoms with Crippen molar-refractivity contribution in [2.24, 2.45) is 0 Å². The number of aliphatic hydroxyl groups is 1. The number of nitrogens with zero attached hydrogens (tertiary/aromatic N) is 1. The summed E-state index contributed by atoms with van der Waals surface area (Å²) in [4.78, 5) is 4.83. The largest absolute Gasteiger partial charge is 0.392 e. The van der Waals surface area contributed by atoms with Crippen LogP contribution in [-0.2, 0) is 16.6 Å². The molecule has 1 aliphatic heterocycles. The van der Waals surface area contributed by atoms with Gasteiger partial charge in [0, 0.05) is 29.8 Å². The molecule has 3 heteroatoms. The predicted molar refractivity (Wildman–Crippen MR) is 115 cm³/mol. The van der Waals surface area contributed by atoms with E-state index in [1.165, 1.54) is 42.5 Å². The van der Waals surface area contributed by atoms with Gasteiger partial charge in [0.05, 0.1) is 11.7 Å². The van der Waals surface area contributed by atoms with E-state index in [0.717, 1.165) is 45.1 Å². The molecule has 3 atom stereocenters. The third-order valence-corrected chi connectivity index (χ3v) is 7.89. The fourth-order valence-corrected chi connectivity index (χ4v) is 6.46. The lowest BCUT2D eigenvalue weighted by molar-refractivity contribution is -0.105. The van der Waals surface area contributed by atoms with Gasteiger partial charge < -0.3 is 9.84 Å². The minimum Gasteiger partial charge on any atom is -0.392 e. The number of hydrogen-bond donors (Lipinski definition) is 1. The Morgan fingerprint density at radius 3 is 2.69 bits per heavy atom. The molecule has 2 heterocycles. The zero-order chi connectivity index (χ0) is 19.7. The molecule has 0 radical (unpaired) electrons. The van der Waals surface area contributed by atoms with Crippen molar-refractivity contribution in [1.29, 1.82) is 0 Å². The van der Waals surface area contributed by atoms with Crippen LogP contribution >= 0.6 is 0 Å². The Kier molecular flexibility index (Phi) is 5.21. The average Bonchev–Trinajstić information content (AvgIpc) is 3.33. The minimum absolute atomic E-state index is 0.0786. The topological polar surface area (TPSA) is 42.4 Å². The highest BCUT2D eigenvalue weighted by molar-refractivity contribution is 5.36. The van der Waals surface area contributed by atoms with E-state index < -0.39 is 0 Å². The molecule has 2 fully saturated rings. The van der Waals surface area contributed by atoms with E-state index in [9.17, 15) is 5.11 Å². The predicted octanol–water partition coefficient (Wildman–Crippen LogP) is 5.31. The van der Waals surface area contributed by atoms with Crippen LogP contribution in [0.15, 0.2) is 48.7 Å². The van der Waals surface area contributed by atoms with Gasteiger partial charge in [-0.3, -0.25) is 4.98 Å². The molecule has 1 unspecified atom stereocenters. The molecule has 29 heavy (non-hydrogen) atoms. The first-order chi connectivity index (χ1) is 14.2. The van der Waals surface area contributed by atoms with Crippen LogP contribution in [0.4, 0.5) is 0 Å². The Labute approximate surface area is 174 Å². The number of hydrogen-bond acceptors (Lipinski definition) is 3. The molecule has 3 aliphatic rings. The van der Waals surface area contributed by atoms with Crippen LogP contribution < -0.4 is 0 Å². The van der Waals surface area contributed by atoms with Gasteiger partial charge in [0.25, 0.3) is 0 Å². The van der Waals surface area contributed by atoms with Gasteiger partial charge in [-0.05, 0) is 68.2 Å². The van der Waals surface area contributed by atoms with Crippen LogP contribution in [0.25, 0.3) is 0 Å². The lowest BCUT2D eigenvalue weighted by Crippen LogP contribution is -2.46. The molecule has 5 rings (SSSR count). The minimum atomic E-state index is -0.228. The molecular formula is C26H33NO2. The van der Waals surface area contributed by atoms with Crippen LogP contribution in [0.3, 0.4) is 0 Å². The number of aromatic nitrogens is 1. The van der Waals surface area contributed by atoms with E-state index in [2.05, 4.69) is 36.4 Å². The number of aliphatic hydroxyl groups excluding tert-OH is 1. The van der Waals surface area contributed by atoms with Crippen molar-refractivity contribution in [3.63, 3.8) is 0 Å². The normalized spacial score (nSPS) is 30.5. The summed E-state index contributed by atoms with van der Waals surface area (Å²) in [6, 6.07) is 15.0. The summed E-state index contributed by atoms with van der Waals surface area (Å²) in [5.74, 6) is 0.285. The van der Waals surface area contributed by atoms with Crippen LogP contribution in [-0.4, -0.2) is 28.4 Å². The van der Waals surface area contributed by atoms with Crippen molar-refractivity contribution >= 4 is 0 Å². The maximum absolute atomic E-state index is 10.7. The molecule has 3 nitrogen and oxygen atoms in total. The summed E-state index contributed by atoms with van der Waals surface area (Å²) in [5.41, 5.74) is 4.15. The van der Waals surface area contributed by atoms with Crippen LogP contribution in [0.1, 0.15) is 80.5 Å². The molecule has 2 aromatic rings. The van der Waals surface area contributed by atoms with Crippen molar-refractivity contribution in [2.45, 2.75) is 87.2 Å². The smallest absolute Gasteiger partial charge is 0.0691 e. The van der Waals surface area contributed by atoms with Gasteiger partial charge >= 0.3 is 0 Å². The Balaban J connectivity index is 1.35. The summed E-state index contributed by atoms with van der Waals surface area (Å²) < 4.78 is 6.38. The Morgan fingerprint density at radius 1 is 1.03 bits per heavy atom. The lowest BCUT2D eigenvalue weighted by Gasteiger charge is -2.46. The number of pyridine rings is 1. The van der Waals surface area contributed by atoms with Crippen molar-refractivity contribution < 1.29 is 9.84 Å². The SMILES string of the molecule is O[C@H]1Cc2ccccc2[C@@H]1CCCC1(c2ccccn2)CCOC2(CCCC2)C1. The van der Waals surface area contributed by atoms with E-state index in [1.807, 2.05) is 12.3 Å². The summed E-state index contributed by atoms with van der Waals surface area (Å²) in [6.07, 6.45) is 13.0. The Bertz CT molecular complexity index is 830. The summed E-state index contributed by atoms with van der Waals surface area (Å²) in [7, 11) is 0. The summed E-state index contributed by atoms with van der Waals surface area (Å²) in [6.45, 7) is 0.853. The number of rotatable bonds is 5. The van der Waals surface area contributed by atoms with Gasteiger partial charge in [-0.1, -0.05) is 49.6 Å². The maximum Gasteiger partial charge on any atom is 0.0691 e. The molecule has 1 N–H and O–H groups in total. The quantitative estimate of drug-likeness (QED) is 0.751. The Morgan fingerprint density at radius 2 is 1.86 bits per heavy atom. The molecule has 154 valence electrons. The van der Waals surface area contributed by atoms with Gasteiger partial charge in [0.15, 0.2) is 0 Å². The van der Waals surface area contributed by atoms with Crippen LogP contribution in [0.5, 0.6) is 0 Å². The van der Waals surface area contributed by atoms with Gasteiger partial charge in [-0.15, -0.1) is 0 Å². The van der Waals surface area contributed by atoms with Gasteiger partial charge in [0.2, 0.25) is 0 Å². The fourth-order valence-electron chi connectivity index (χ4n) is 6.46. The molecule has 1 saturated heterocycles. The lowest BCUT2D eigenvalue weighted by atomic mass is 9.67. The first kappa shape index (κ1) is 19.3. The van der Waals surface area contributed by atoms with E-state index >= 15 is 0 Å². The maximum atomic E-state index is 10.7. The molecule has 0 amide bonds. The second kappa shape index (κ2) is 7.85. The zero-order valence-corrected chi connectivity index (χ0v) is 17.4. The van der Waals surface area contributed by atoms with Gasteiger partial charge in [0.1, 0.15) is 0 Å². The van der Waals surface area contributed by atoms with E-state index in [4.69, 9.17) is 9.72 Å². The second-order valence-corrected chi connectivity index (χ2v) is 9.63. The highest BCUT2D eigenvalue weighted by atomic mass is 16.5. The van der Waals surface area contributed by atoms with Gasteiger partial charge in [-0.2, -0.15) is 0 Å². The second-order valence-electron chi connectivity index (χ2n) is 9.63. The van der Waals surface area contributed by atoms with Crippen LogP contribution in [0, 0.1) is 0 Å². The third-order valence-electron chi connectivity index (χ3n) is 7.89. The van der Waals surface area contributed by atoms with Crippen molar-refractivity contribution in [3.8, 4) is 0 Å². The number of ether oxygens (including phenoxy) is 1. The van der Waals surface area contributed by atoms with Gasteiger partial charge in [-0.25, -0.2) is 0 Å². The monoisotopic (exact) mass is 391 g/mol. The molecular weight excluding hydrogens is 358 g/mol. The fraction of sp³-hybridized carbons (Fsp3) is 0.577. The standard InChI is InChI=1S/C26H33NO2/c28-23-18-20-8-1-2-9-21(20)22(23)10-7-12-25(24-11-3-6-16-27-24)15-17-29-26(19-25)13-4-5-14-26/h1-3,6,8-9,11,16,22-23,28H,4-5,7,10,12-15,17-19H2/t22-,23-,25?/m0/s1. The summed E-state index contributed by atoms with van der Waals surface area (Å²) >= 11 is 0. The molecule has 1 saturated carbocycles. The van der Waals surface area contributed by atoms with Crippen molar-refractivity contribution in [2.75, 3.05) is 6.61 Å². The molecule has 1 spiro atoms. The zero-order valence-electron chi connectivity index (χ0n) is 17.4. The highest BCUT2D eigenvalue weighted by Gasteiger charge is 2.48. The number of fused-ring (bicyclic) bond motifs is 1. The number of benzene rings is 1. The van der Waals surface area contributed by atoms with Crippen molar-refractivity contribution in [1.82, 2.24) is 4.98 Å². The molecule has 2 aliphatic carbocycles. The first-order valence-electron chi connectivity index (χ1n) is 11.5. The van der Waals surface area contributed by atoms with E-state index in [1.54, 1.807) is 0 Å². The molecule has 1 aromatic carbocycles. The van der Waals surface area contributed by atoms with E-state index in [-0.39, 0.29) is 23.0 Å². The summed E-state index contributed by atoms with van der Waals surface area (Å²) in [5, 5.41) is 10.7. The third kappa shape index (κ3) is 3.64. The van der Waals surface area contributed by atoms with E-state index in [0.29, 0.717) is 0 Å². The Hall–Kier alpha value is -1.71. The average molecular weight is 392 g/mol. The highest BCUT2D eigenvalue weighted by Crippen LogP contribution is 2.50. The first-order valence-corrected chi connectivity index (χ1v) is 11.5.